The fourth-order valence-electron chi connectivity index (χ4n) is 2.93. The molecule has 0 radical (unpaired) electrons. The smallest absolute Gasteiger partial charge is 0.251 e. The summed E-state index contributed by atoms with van der Waals surface area (Å²) in [5.41, 5.74) is 5.85. The van der Waals surface area contributed by atoms with Gasteiger partial charge in [-0.25, -0.2) is 0 Å². The summed E-state index contributed by atoms with van der Waals surface area (Å²) >= 11 is 6.17. The average Bonchev–Trinajstić information content (AvgIpc) is 2.56. The Hall–Kier alpha value is -1.79. The Morgan fingerprint density at radius 1 is 1.36 bits per heavy atom. The van der Waals surface area contributed by atoms with Crippen molar-refractivity contribution in [1.82, 2.24) is 10.6 Å². The van der Waals surface area contributed by atoms with Crippen LogP contribution in [-0.2, 0) is 4.79 Å². The van der Waals surface area contributed by atoms with E-state index in [-0.39, 0.29) is 12.0 Å². The van der Waals surface area contributed by atoms with Crippen molar-refractivity contribution < 1.29 is 14.3 Å². The van der Waals surface area contributed by atoms with Crippen molar-refractivity contribution in [3.63, 3.8) is 0 Å². The first kappa shape index (κ1) is 19.5. The highest BCUT2D eigenvalue weighted by atomic mass is 35.5. The van der Waals surface area contributed by atoms with Crippen LogP contribution in [0.5, 0.6) is 5.75 Å². The summed E-state index contributed by atoms with van der Waals surface area (Å²) in [6.45, 7) is 5.65. The van der Waals surface area contributed by atoms with Gasteiger partial charge < -0.3 is 21.1 Å². The number of nitrogens with one attached hydrogen (secondary N) is 2. The topological polar surface area (TPSA) is 93.4 Å². The minimum absolute atomic E-state index is 0.0126. The van der Waals surface area contributed by atoms with Crippen molar-refractivity contribution in [2.75, 3.05) is 13.1 Å². The minimum atomic E-state index is -0.680. The molecule has 0 aliphatic carbocycles. The molecule has 25 heavy (non-hydrogen) atoms. The van der Waals surface area contributed by atoms with Crippen LogP contribution in [0, 0.1) is 5.92 Å². The molecule has 1 aliphatic rings. The van der Waals surface area contributed by atoms with Crippen LogP contribution in [-0.4, -0.2) is 37.0 Å². The molecule has 1 atom stereocenters. The van der Waals surface area contributed by atoms with Crippen LogP contribution in [0.4, 0.5) is 0 Å². The molecule has 0 saturated carbocycles. The first-order chi connectivity index (χ1) is 11.9. The third kappa shape index (κ3) is 5.90. The Bertz CT molecular complexity index is 616. The standard InChI is InChI=1S/C18H26ClN3O3/c1-11(2)25-16-4-3-13(10-14(16)19)18(24)22-15(17(20)23)9-12-5-7-21-8-6-12/h3-4,10-12,15,21H,5-9H2,1-2H3,(H2,20,23)(H,22,24)/t15-/m0/s1. The van der Waals surface area contributed by atoms with Crippen molar-refractivity contribution in [2.24, 2.45) is 11.7 Å². The molecule has 1 aromatic rings. The summed E-state index contributed by atoms with van der Waals surface area (Å²) in [5, 5.41) is 6.37. The third-order valence-corrected chi connectivity index (χ3v) is 4.53. The molecule has 1 fully saturated rings. The van der Waals surface area contributed by atoms with Gasteiger partial charge >= 0.3 is 0 Å². The quantitative estimate of drug-likeness (QED) is 0.688. The van der Waals surface area contributed by atoms with Gasteiger partial charge in [0.25, 0.3) is 5.91 Å². The molecule has 138 valence electrons. The van der Waals surface area contributed by atoms with Crippen LogP contribution in [0.2, 0.25) is 5.02 Å². The zero-order valence-corrected chi connectivity index (χ0v) is 15.4. The summed E-state index contributed by atoms with van der Waals surface area (Å²) in [6, 6.07) is 4.14. The van der Waals surface area contributed by atoms with Gasteiger partial charge in [0.2, 0.25) is 5.91 Å². The molecule has 0 unspecified atom stereocenters. The Kier molecular flexibility index (Phi) is 7.08. The van der Waals surface area contributed by atoms with Crippen molar-refractivity contribution in [2.45, 2.75) is 45.3 Å². The predicted octanol–water partition coefficient (Wildman–Crippen LogP) is 2.10. The zero-order valence-electron chi connectivity index (χ0n) is 14.7. The molecule has 4 N–H and O–H groups in total. The van der Waals surface area contributed by atoms with E-state index in [9.17, 15) is 9.59 Å². The number of rotatable bonds is 7. The molecule has 1 saturated heterocycles. The maximum Gasteiger partial charge on any atom is 0.251 e. The lowest BCUT2D eigenvalue weighted by Gasteiger charge is -2.26. The van der Waals surface area contributed by atoms with Gasteiger partial charge in [0.15, 0.2) is 0 Å². The van der Waals surface area contributed by atoms with Crippen LogP contribution in [0.25, 0.3) is 0 Å². The number of carbonyl (C=O) groups is 2. The van der Waals surface area contributed by atoms with Gasteiger partial charge in [-0.1, -0.05) is 11.6 Å². The van der Waals surface area contributed by atoms with Gasteiger partial charge in [-0.3, -0.25) is 9.59 Å². The number of hydrogen-bond donors (Lipinski definition) is 3. The summed E-state index contributed by atoms with van der Waals surface area (Å²) in [5.74, 6) is 0.0206. The zero-order chi connectivity index (χ0) is 18.4. The van der Waals surface area contributed by atoms with Crippen LogP contribution in [0.3, 0.4) is 0 Å². The van der Waals surface area contributed by atoms with E-state index in [1.807, 2.05) is 13.8 Å². The average molecular weight is 368 g/mol. The number of ether oxygens (including phenoxy) is 1. The van der Waals surface area contributed by atoms with Gasteiger partial charge in [-0.15, -0.1) is 0 Å². The van der Waals surface area contributed by atoms with E-state index in [0.717, 1.165) is 25.9 Å². The summed E-state index contributed by atoms with van der Waals surface area (Å²) in [4.78, 5) is 24.2. The third-order valence-electron chi connectivity index (χ3n) is 4.23. The molecule has 0 bridgehead atoms. The molecule has 1 heterocycles. The van der Waals surface area contributed by atoms with E-state index in [4.69, 9.17) is 22.1 Å². The van der Waals surface area contributed by atoms with E-state index >= 15 is 0 Å². The first-order valence-electron chi connectivity index (χ1n) is 8.64. The Morgan fingerprint density at radius 3 is 2.60 bits per heavy atom. The molecule has 2 amide bonds. The van der Waals surface area contributed by atoms with E-state index in [1.165, 1.54) is 6.07 Å². The van der Waals surface area contributed by atoms with Crippen molar-refractivity contribution in [1.29, 1.82) is 0 Å². The van der Waals surface area contributed by atoms with Crippen LogP contribution >= 0.6 is 11.6 Å². The maximum atomic E-state index is 12.5. The number of nitrogens with two attached hydrogens (primary N) is 1. The van der Waals surface area contributed by atoms with Gasteiger partial charge in [0, 0.05) is 5.56 Å². The number of primary amides is 1. The number of carbonyl (C=O) groups excluding carboxylic acids is 2. The fourth-order valence-corrected chi connectivity index (χ4v) is 3.16. The van der Waals surface area contributed by atoms with Gasteiger partial charge in [0.1, 0.15) is 11.8 Å². The lowest BCUT2D eigenvalue weighted by Crippen LogP contribution is -2.46. The van der Waals surface area contributed by atoms with Crippen LogP contribution in [0.1, 0.15) is 43.5 Å². The normalized spacial score (nSPS) is 16.5. The molecule has 1 aromatic carbocycles. The van der Waals surface area contributed by atoms with Gasteiger partial charge in [-0.05, 0) is 70.3 Å². The second kappa shape index (κ2) is 9.06. The van der Waals surface area contributed by atoms with Gasteiger partial charge in [-0.2, -0.15) is 0 Å². The van der Waals surface area contributed by atoms with E-state index in [1.54, 1.807) is 12.1 Å². The maximum absolute atomic E-state index is 12.5. The van der Waals surface area contributed by atoms with E-state index < -0.39 is 11.9 Å². The summed E-state index contributed by atoms with van der Waals surface area (Å²) in [6.07, 6.45) is 2.51. The van der Waals surface area contributed by atoms with Crippen LogP contribution < -0.4 is 21.1 Å². The van der Waals surface area contributed by atoms with Gasteiger partial charge in [0.05, 0.1) is 11.1 Å². The minimum Gasteiger partial charge on any atom is -0.489 e. The largest absolute Gasteiger partial charge is 0.489 e. The SMILES string of the molecule is CC(C)Oc1ccc(C(=O)N[C@@H](CC2CCNCC2)C(N)=O)cc1Cl. The molecule has 0 aromatic heterocycles. The highest BCUT2D eigenvalue weighted by Crippen LogP contribution is 2.26. The van der Waals surface area contributed by atoms with Crippen molar-refractivity contribution >= 4 is 23.4 Å². The molecular formula is C18H26ClN3O3. The lowest BCUT2D eigenvalue weighted by molar-refractivity contribution is -0.120. The van der Waals surface area contributed by atoms with Crippen molar-refractivity contribution in [3.05, 3.63) is 28.8 Å². The Morgan fingerprint density at radius 2 is 2.04 bits per heavy atom. The highest BCUT2D eigenvalue weighted by molar-refractivity contribution is 6.32. The highest BCUT2D eigenvalue weighted by Gasteiger charge is 2.24. The molecule has 2 rings (SSSR count). The Labute approximate surface area is 153 Å². The second-order valence-corrected chi connectivity index (χ2v) is 7.08. The van der Waals surface area contributed by atoms with Crippen molar-refractivity contribution in [3.8, 4) is 5.75 Å². The summed E-state index contributed by atoms with van der Waals surface area (Å²) in [7, 11) is 0. The predicted molar refractivity (Wildman–Crippen MR) is 97.9 cm³/mol. The summed E-state index contributed by atoms with van der Waals surface area (Å²) < 4.78 is 5.56. The second-order valence-electron chi connectivity index (χ2n) is 6.67. The number of amides is 2. The first-order valence-corrected chi connectivity index (χ1v) is 9.01. The lowest BCUT2D eigenvalue weighted by atomic mass is 9.90. The monoisotopic (exact) mass is 367 g/mol. The number of halogens is 1. The van der Waals surface area contributed by atoms with E-state index in [0.29, 0.717) is 28.7 Å². The molecular weight excluding hydrogens is 342 g/mol. The molecule has 6 nitrogen and oxygen atoms in total. The number of piperidine rings is 1. The number of hydrogen-bond acceptors (Lipinski definition) is 4. The Balaban J connectivity index is 2.02. The molecule has 1 aliphatic heterocycles. The molecule has 7 heteroatoms. The molecule has 0 spiro atoms. The van der Waals surface area contributed by atoms with Crippen LogP contribution in [0.15, 0.2) is 18.2 Å². The fraction of sp³-hybridized carbons (Fsp3) is 0.556. The van der Waals surface area contributed by atoms with E-state index in [2.05, 4.69) is 10.6 Å². The number of benzene rings is 1.